The predicted molar refractivity (Wildman–Crippen MR) is 89.6 cm³/mol. The minimum Gasteiger partial charge on any atom is -0.351 e. The Morgan fingerprint density at radius 3 is 2.41 bits per heavy atom. The Morgan fingerprint density at radius 2 is 1.77 bits per heavy atom. The van der Waals surface area contributed by atoms with Crippen LogP contribution in [-0.2, 0) is 11.3 Å². The topological polar surface area (TPSA) is 29.1 Å². The second kappa shape index (κ2) is 7.45. The smallest absolute Gasteiger partial charge is 0.230 e. The van der Waals surface area contributed by atoms with E-state index >= 15 is 0 Å². The van der Waals surface area contributed by atoms with E-state index in [2.05, 4.69) is 38.2 Å². The highest BCUT2D eigenvalue weighted by atomic mass is 32.2. The maximum Gasteiger partial charge on any atom is 0.230 e. The first-order valence-electron chi connectivity index (χ1n) is 7.18. The van der Waals surface area contributed by atoms with Crippen molar-refractivity contribution in [2.45, 2.75) is 32.2 Å². The molecule has 0 aliphatic rings. The summed E-state index contributed by atoms with van der Waals surface area (Å²) in [6.07, 6.45) is 0. The summed E-state index contributed by atoms with van der Waals surface area (Å²) in [5.74, 6) is -0.0487. The quantitative estimate of drug-likeness (QED) is 0.839. The SMILES string of the molecule is Cc1cc(C)c(SCC(=O)NCc2ccccc2F)c(C)c1. The molecule has 0 atom stereocenters. The van der Waals surface area contributed by atoms with E-state index in [0.717, 1.165) is 4.90 Å². The molecule has 0 aromatic heterocycles. The average Bonchev–Trinajstić information content (AvgIpc) is 2.45. The van der Waals surface area contributed by atoms with E-state index in [0.29, 0.717) is 11.3 Å². The first-order valence-corrected chi connectivity index (χ1v) is 8.16. The first-order chi connectivity index (χ1) is 10.5. The van der Waals surface area contributed by atoms with Crippen LogP contribution in [0.25, 0.3) is 0 Å². The molecule has 0 fully saturated rings. The molecule has 2 rings (SSSR count). The molecule has 0 saturated carbocycles. The van der Waals surface area contributed by atoms with Crippen LogP contribution < -0.4 is 5.32 Å². The maximum atomic E-state index is 13.5. The van der Waals surface area contributed by atoms with Gasteiger partial charge in [0.1, 0.15) is 5.82 Å². The normalized spacial score (nSPS) is 10.5. The van der Waals surface area contributed by atoms with E-state index in [1.54, 1.807) is 18.2 Å². The summed E-state index contributed by atoms with van der Waals surface area (Å²) in [6.45, 7) is 6.40. The van der Waals surface area contributed by atoms with Gasteiger partial charge in [-0.05, 0) is 38.0 Å². The Morgan fingerprint density at radius 1 is 1.14 bits per heavy atom. The van der Waals surface area contributed by atoms with Crippen LogP contribution in [0.3, 0.4) is 0 Å². The molecule has 1 N–H and O–H groups in total. The van der Waals surface area contributed by atoms with Gasteiger partial charge >= 0.3 is 0 Å². The summed E-state index contributed by atoms with van der Waals surface area (Å²) in [5.41, 5.74) is 4.10. The third kappa shape index (κ3) is 4.34. The van der Waals surface area contributed by atoms with Gasteiger partial charge in [-0.2, -0.15) is 0 Å². The predicted octanol–water partition coefficient (Wildman–Crippen LogP) is 4.16. The van der Waals surface area contributed by atoms with Crippen LogP contribution in [0.1, 0.15) is 22.3 Å². The van der Waals surface area contributed by atoms with Gasteiger partial charge in [0.15, 0.2) is 0 Å². The second-order valence-corrected chi connectivity index (χ2v) is 6.37. The lowest BCUT2D eigenvalue weighted by molar-refractivity contribution is -0.118. The first kappa shape index (κ1) is 16.6. The lowest BCUT2D eigenvalue weighted by Crippen LogP contribution is -2.25. The number of hydrogen-bond donors (Lipinski definition) is 1. The Labute approximate surface area is 135 Å². The molecule has 0 unspecified atom stereocenters. The van der Waals surface area contributed by atoms with Crippen LogP contribution in [-0.4, -0.2) is 11.7 Å². The zero-order valence-electron chi connectivity index (χ0n) is 13.1. The summed E-state index contributed by atoms with van der Waals surface area (Å²) in [5, 5.41) is 2.76. The van der Waals surface area contributed by atoms with Crippen molar-refractivity contribution in [2.75, 3.05) is 5.75 Å². The lowest BCUT2D eigenvalue weighted by atomic mass is 10.1. The summed E-state index contributed by atoms with van der Waals surface area (Å²) in [7, 11) is 0. The Bertz CT molecular complexity index is 662. The molecule has 0 bridgehead atoms. The fourth-order valence-electron chi connectivity index (χ4n) is 2.42. The highest BCUT2D eigenvalue weighted by molar-refractivity contribution is 8.00. The third-order valence-electron chi connectivity index (χ3n) is 3.39. The second-order valence-electron chi connectivity index (χ2n) is 5.38. The van der Waals surface area contributed by atoms with E-state index in [1.165, 1.54) is 34.5 Å². The maximum absolute atomic E-state index is 13.5. The minimum atomic E-state index is -0.291. The van der Waals surface area contributed by atoms with Gasteiger partial charge in [-0.1, -0.05) is 35.9 Å². The molecule has 2 aromatic carbocycles. The molecule has 0 radical (unpaired) electrons. The molecule has 0 aliphatic carbocycles. The van der Waals surface area contributed by atoms with Gasteiger partial charge in [0, 0.05) is 17.0 Å². The molecule has 0 heterocycles. The molecule has 0 aliphatic heterocycles. The van der Waals surface area contributed by atoms with Crippen molar-refractivity contribution in [3.05, 3.63) is 64.5 Å². The molecule has 22 heavy (non-hydrogen) atoms. The zero-order valence-corrected chi connectivity index (χ0v) is 13.9. The van der Waals surface area contributed by atoms with Crippen molar-refractivity contribution < 1.29 is 9.18 Å². The fraction of sp³-hybridized carbons (Fsp3) is 0.278. The fourth-order valence-corrected chi connectivity index (χ4v) is 3.37. The molecule has 0 spiro atoms. The number of rotatable bonds is 5. The number of carbonyl (C=O) groups is 1. The summed E-state index contributed by atoms with van der Waals surface area (Å²) in [4.78, 5) is 13.1. The van der Waals surface area contributed by atoms with Crippen molar-refractivity contribution in [3.8, 4) is 0 Å². The molecule has 116 valence electrons. The number of carbonyl (C=O) groups excluding carboxylic acids is 1. The van der Waals surface area contributed by atoms with Crippen LogP contribution in [0.4, 0.5) is 4.39 Å². The standard InChI is InChI=1S/C18H20FNOS/c1-12-8-13(2)18(14(3)9-12)22-11-17(21)20-10-15-6-4-5-7-16(15)19/h4-9H,10-11H2,1-3H3,(H,20,21). The lowest BCUT2D eigenvalue weighted by Gasteiger charge is -2.11. The van der Waals surface area contributed by atoms with E-state index < -0.39 is 0 Å². The largest absolute Gasteiger partial charge is 0.351 e. The number of benzene rings is 2. The summed E-state index contributed by atoms with van der Waals surface area (Å²) in [6, 6.07) is 10.7. The number of hydrogen-bond acceptors (Lipinski definition) is 2. The molecule has 4 heteroatoms. The highest BCUT2D eigenvalue weighted by Gasteiger charge is 2.09. The highest BCUT2D eigenvalue weighted by Crippen LogP contribution is 2.27. The van der Waals surface area contributed by atoms with Crippen LogP contribution in [0.2, 0.25) is 0 Å². The van der Waals surface area contributed by atoms with Gasteiger partial charge in [0.25, 0.3) is 0 Å². The number of amides is 1. The molecule has 2 nitrogen and oxygen atoms in total. The van der Waals surface area contributed by atoms with Crippen molar-refractivity contribution in [1.29, 1.82) is 0 Å². The number of nitrogens with one attached hydrogen (secondary N) is 1. The van der Waals surface area contributed by atoms with Crippen LogP contribution in [0.5, 0.6) is 0 Å². The number of aryl methyl sites for hydroxylation is 3. The number of halogens is 1. The van der Waals surface area contributed by atoms with Gasteiger partial charge in [0.2, 0.25) is 5.91 Å². The average molecular weight is 317 g/mol. The van der Waals surface area contributed by atoms with Crippen molar-refractivity contribution in [2.24, 2.45) is 0 Å². The molecular formula is C18H20FNOS. The van der Waals surface area contributed by atoms with Gasteiger partial charge in [-0.25, -0.2) is 4.39 Å². The van der Waals surface area contributed by atoms with E-state index in [9.17, 15) is 9.18 Å². The molecule has 0 saturated heterocycles. The van der Waals surface area contributed by atoms with E-state index in [4.69, 9.17) is 0 Å². The van der Waals surface area contributed by atoms with E-state index in [1.807, 2.05) is 0 Å². The van der Waals surface area contributed by atoms with Crippen LogP contribution in [0.15, 0.2) is 41.3 Å². The number of thioether (sulfide) groups is 1. The minimum absolute atomic E-state index is 0.0902. The van der Waals surface area contributed by atoms with Gasteiger partial charge < -0.3 is 5.32 Å². The summed E-state index contributed by atoms with van der Waals surface area (Å²) >= 11 is 1.52. The molecule has 2 aromatic rings. The Hall–Kier alpha value is -1.81. The monoisotopic (exact) mass is 317 g/mol. The van der Waals surface area contributed by atoms with Gasteiger partial charge in [0.05, 0.1) is 5.75 Å². The van der Waals surface area contributed by atoms with Crippen molar-refractivity contribution >= 4 is 17.7 Å². The molecule has 1 amide bonds. The zero-order chi connectivity index (χ0) is 16.1. The summed E-state index contributed by atoms with van der Waals surface area (Å²) < 4.78 is 13.5. The van der Waals surface area contributed by atoms with Crippen molar-refractivity contribution in [1.82, 2.24) is 5.32 Å². The van der Waals surface area contributed by atoms with Gasteiger partial charge in [-0.15, -0.1) is 11.8 Å². The van der Waals surface area contributed by atoms with Crippen LogP contribution >= 0.6 is 11.8 Å². The van der Waals surface area contributed by atoms with Gasteiger partial charge in [-0.3, -0.25) is 4.79 Å². The molecular weight excluding hydrogens is 297 g/mol. The third-order valence-corrected chi connectivity index (χ3v) is 4.73. The Balaban J connectivity index is 1.90. The van der Waals surface area contributed by atoms with Crippen molar-refractivity contribution in [3.63, 3.8) is 0 Å². The van der Waals surface area contributed by atoms with Crippen LogP contribution in [0, 0.1) is 26.6 Å². The Kier molecular flexibility index (Phi) is 5.61. The van der Waals surface area contributed by atoms with E-state index in [-0.39, 0.29) is 18.3 Å².